The maximum absolute atomic E-state index is 12.7. The van der Waals surface area contributed by atoms with Crippen LogP contribution in [0.1, 0.15) is 43.7 Å². The number of carbonyl (C=O) groups is 1. The van der Waals surface area contributed by atoms with Crippen molar-refractivity contribution in [3.05, 3.63) is 35.4 Å². The van der Waals surface area contributed by atoms with Crippen LogP contribution < -0.4 is 5.32 Å². The zero-order chi connectivity index (χ0) is 20.5. The molecule has 2 atom stereocenters. The van der Waals surface area contributed by atoms with Gasteiger partial charge < -0.3 is 10.4 Å². The Morgan fingerprint density at radius 2 is 1.69 bits per heavy atom. The Bertz CT molecular complexity index is 557. The Kier molecular flexibility index (Phi) is 9.69. The van der Waals surface area contributed by atoms with E-state index in [1.807, 2.05) is 14.0 Å². The molecule has 0 saturated heterocycles. The van der Waals surface area contributed by atoms with Crippen molar-refractivity contribution in [2.75, 3.05) is 13.6 Å². The number of alkyl halides is 6. The Morgan fingerprint density at radius 1 is 1.15 bits per heavy atom. The summed E-state index contributed by atoms with van der Waals surface area (Å²) < 4.78 is 69.7. The molecule has 0 heterocycles. The second kappa shape index (κ2) is 10.4. The molecule has 2 unspecified atom stereocenters. The van der Waals surface area contributed by atoms with Crippen molar-refractivity contribution in [2.24, 2.45) is 5.92 Å². The Labute approximate surface area is 148 Å². The third-order valence-corrected chi connectivity index (χ3v) is 3.67. The number of halogens is 6. The topological polar surface area (TPSA) is 49.3 Å². The van der Waals surface area contributed by atoms with Crippen LogP contribution in [0.5, 0.6) is 0 Å². The number of carboxylic acids is 1. The molecule has 150 valence electrons. The largest absolute Gasteiger partial charge is 0.490 e. The lowest BCUT2D eigenvalue weighted by atomic mass is 9.89. The van der Waals surface area contributed by atoms with Crippen LogP contribution in [-0.2, 0) is 11.0 Å². The van der Waals surface area contributed by atoms with Crippen LogP contribution in [0, 0.1) is 5.92 Å². The van der Waals surface area contributed by atoms with E-state index < -0.39 is 23.9 Å². The molecule has 0 aromatic heterocycles. The molecule has 0 saturated carbocycles. The van der Waals surface area contributed by atoms with Gasteiger partial charge in [0.1, 0.15) is 0 Å². The van der Waals surface area contributed by atoms with Crippen LogP contribution in [0.2, 0.25) is 0 Å². The smallest absolute Gasteiger partial charge is 0.475 e. The number of hydrogen-bond acceptors (Lipinski definition) is 2. The lowest BCUT2D eigenvalue weighted by Crippen LogP contribution is -2.21. The first-order valence-corrected chi connectivity index (χ1v) is 7.90. The standard InChI is InChI=1S/C15H22F3N.C2HF3O2/c1-11(7-8-19-3)9-12(2)13-5-4-6-14(10-13)15(16,17)18;3-2(4,5)1(6)7/h4-6,10-12,19H,7-9H2,1-3H3;(H,6,7). The summed E-state index contributed by atoms with van der Waals surface area (Å²) in [6.45, 7) is 5.07. The lowest BCUT2D eigenvalue weighted by molar-refractivity contribution is -0.192. The molecule has 0 bridgehead atoms. The van der Waals surface area contributed by atoms with Gasteiger partial charge in [0.05, 0.1) is 5.56 Å². The van der Waals surface area contributed by atoms with Crippen LogP contribution in [-0.4, -0.2) is 30.8 Å². The average molecular weight is 387 g/mol. The average Bonchev–Trinajstić information content (AvgIpc) is 2.52. The van der Waals surface area contributed by atoms with Gasteiger partial charge in [-0.3, -0.25) is 0 Å². The van der Waals surface area contributed by atoms with Gasteiger partial charge in [-0.05, 0) is 49.9 Å². The van der Waals surface area contributed by atoms with Crippen LogP contribution in [0.4, 0.5) is 26.3 Å². The minimum Gasteiger partial charge on any atom is -0.475 e. The SMILES string of the molecule is CNCCC(C)CC(C)c1cccc(C(F)(F)F)c1.O=C(O)C(F)(F)F. The van der Waals surface area contributed by atoms with E-state index in [0.29, 0.717) is 5.92 Å². The molecule has 1 rings (SSSR count). The van der Waals surface area contributed by atoms with Gasteiger partial charge in [-0.25, -0.2) is 4.79 Å². The fourth-order valence-corrected chi connectivity index (χ4v) is 2.27. The second-order valence-electron chi connectivity index (χ2n) is 6.06. The second-order valence-corrected chi connectivity index (χ2v) is 6.06. The van der Waals surface area contributed by atoms with Gasteiger partial charge in [0, 0.05) is 0 Å². The van der Waals surface area contributed by atoms with Crippen molar-refractivity contribution in [1.29, 1.82) is 0 Å². The van der Waals surface area contributed by atoms with Gasteiger partial charge in [-0.1, -0.05) is 32.0 Å². The monoisotopic (exact) mass is 387 g/mol. The zero-order valence-electron chi connectivity index (χ0n) is 14.7. The molecule has 26 heavy (non-hydrogen) atoms. The van der Waals surface area contributed by atoms with Gasteiger partial charge in [-0.2, -0.15) is 26.3 Å². The summed E-state index contributed by atoms with van der Waals surface area (Å²) in [5.74, 6) is -2.11. The highest BCUT2D eigenvalue weighted by Gasteiger charge is 2.38. The minimum absolute atomic E-state index is 0.147. The van der Waals surface area contributed by atoms with Crippen molar-refractivity contribution >= 4 is 5.97 Å². The summed E-state index contributed by atoms with van der Waals surface area (Å²) in [7, 11) is 1.91. The number of benzene rings is 1. The summed E-state index contributed by atoms with van der Waals surface area (Å²) in [6.07, 6.45) is -7.39. The van der Waals surface area contributed by atoms with E-state index in [0.717, 1.165) is 31.0 Å². The van der Waals surface area contributed by atoms with Gasteiger partial charge in [0.25, 0.3) is 0 Å². The van der Waals surface area contributed by atoms with Gasteiger partial charge >= 0.3 is 18.3 Å². The fourth-order valence-electron chi connectivity index (χ4n) is 2.27. The predicted octanol–water partition coefficient (Wildman–Crippen LogP) is 5.08. The lowest BCUT2D eigenvalue weighted by Gasteiger charge is -2.18. The molecule has 9 heteroatoms. The molecule has 1 aromatic carbocycles. The molecule has 0 aliphatic carbocycles. The maximum atomic E-state index is 12.7. The van der Waals surface area contributed by atoms with Crippen molar-refractivity contribution in [1.82, 2.24) is 5.32 Å². The van der Waals surface area contributed by atoms with Crippen molar-refractivity contribution < 1.29 is 36.2 Å². The maximum Gasteiger partial charge on any atom is 0.490 e. The molecule has 1 aromatic rings. The summed E-state index contributed by atoms with van der Waals surface area (Å²) in [5, 5.41) is 10.2. The third-order valence-electron chi connectivity index (χ3n) is 3.67. The molecule has 0 aliphatic rings. The van der Waals surface area contributed by atoms with E-state index >= 15 is 0 Å². The molecule has 0 spiro atoms. The summed E-state index contributed by atoms with van der Waals surface area (Å²) >= 11 is 0. The van der Waals surface area contributed by atoms with Gasteiger partial charge in [-0.15, -0.1) is 0 Å². The van der Waals surface area contributed by atoms with Crippen molar-refractivity contribution in [3.63, 3.8) is 0 Å². The van der Waals surface area contributed by atoms with Crippen LogP contribution in [0.3, 0.4) is 0 Å². The normalized spacial score (nSPS) is 14.2. The molecule has 0 fully saturated rings. The summed E-state index contributed by atoms with van der Waals surface area (Å²) in [5.41, 5.74) is 0.214. The Morgan fingerprint density at radius 3 is 2.12 bits per heavy atom. The van der Waals surface area contributed by atoms with Crippen molar-refractivity contribution in [3.8, 4) is 0 Å². The van der Waals surface area contributed by atoms with Crippen LogP contribution in [0.15, 0.2) is 24.3 Å². The first kappa shape index (κ1) is 24.2. The first-order chi connectivity index (χ1) is 11.8. The molecule has 0 radical (unpaired) electrons. The van der Waals surface area contributed by atoms with E-state index in [2.05, 4.69) is 12.2 Å². The summed E-state index contributed by atoms with van der Waals surface area (Å²) in [4.78, 5) is 8.90. The number of carboxylic acid groups (broad SMARTS) is 1. The van der Waals surface area contributed by atoms with Gasteiger partial charge in [0.15, 0.2) is 0 Å². The first-order valence-electron chi connectivity index (χ1n) is 7.90. The van der Waals surface area contributed by atoms with Crippen molar-refractivity contribution in [2.45, 2.75) is 45.0 Å². The predicted molar refractivity (Wildman–Crippen MR) is 85.9 cm³/mol. The van der Waals surface area contributed by atoms with Crippen LogP contribution in [0.25, 0.3) is 0 Å². The van der Waals surface area contributed by atoms with Gasteiger partial charge in [0.2, 0.25) is 0 Å². The highest BCUT2D eigenvalue weighted by atomic mass is 19.4. The summed E-state index contributed by atoms with van der Waals surface area (Å²) in [6, 6.07) is 5.67. The van der Waals surface area contributed by atoms with E-state index in [1.54, 1.807) is 6.07 Å². The number of aliphatic carboxylic acids is 1. The number of hydrogen-bond donors (Lipinski definition) is 2. The van der Waals surface area contributed by atoms with E-state index in [-0.39, 0.29) is 5.92 Å². The van der Waals surface area contributed by atoms with E-state index in [1.165, 1.54) is 12.1 Å². The van der Waals surface area contributed by atoms with E-state index in [9.17, 15) is 26.3 Å². The quantitative estimate of drug-likeness (QED) is 0.670. The van der Waals surface area contributed by atoms with Crippen LogP contribution >= 0.6 is 0 Å². The number of nitrogens with one attached hydrogen (secondary N) is 1. The minimum atomic E-state index is -5.08. The molecule has 2 N–H and O–H groups in total. The van der Waals surface area contributed by atoms with E-state index in [4.69, 9.17) is 9.90 Å². The zero-order valence-corrected chi connectivity index (χ0v) is 14.7. The fraction of sp³-hybridized carbons (Fsp3) is 0.588. The third kappa shape index (κ3) is 9.65. The molecular formula is C17H23F6NO2. The Hall–Kier alpha value is -1.77. The Balaban J connectivity index is 0.000000758. The molecule has 0 amide bonds. The molecule has 3 nitrogen and oxygen atoms in total. The highest BCUT2D eigenvalue weighted by Crippen LogP contribution is 2.32. The highest BCUT2D eigenvalue weighted by molar-refractivity contribution is 5.73. The molecular weight excluding hydrogens is 364 g/mol. The molecule has 0 aliphatic heterocycles. The number of rotatable bonds is 6.